The highest BCUT2D eigenvalue weighted by Gasteiger charge is 2.64. The summed E-state index contributed by atoms with van der Waals surface area (Å²) in [5, 5.41) is 21.4. The summed E-state index contributed by atoms with van der Waals surface area (Å²) in [5.41, 5.74) is 1.64. The summed E-state index contributed by atoms with van der Waals surface area (Å²) in [6.45, 7) is 4.20. The van der Waals surface area contributed by atoms with Gasteiger partial charge >= 0.3 is 0 Å². The van der Waals surface area contributed by atoms with Gasteiger partial charge in [-0.2, -0.15) is 0 Å². The molecule has 0 aliphatic heterocycles. The summed E-state index contributed by atoms with van der Waals surface area (Å²) >= 11 is 0. The zero-order valence-electron chi connectivity index (χ0n) is 16.2. The summed E-state index contributed by atoms with van der Waals surface area (Å²) in [4.78, 5) is 0. The Bertz CT molecular complexity index is 649. The van der Waals surface area contributed by atoms with Gasteiger partial charge in [0, 0.05) is 5.41 Å². The molecule has 2 nitrogen and oxygen atoms in total. The van der Waals surface area contributed by atoms with E-state index < -0.39 is 5.60 Å². The second kappa shape index (κ2) is 6.35. The zero-order valence-corrected chi connectivity index (χ0v) is 16.2. The number of aliphatic hydroxyl groups excluding tert-OH is 1. The fourth-order valence-electron chi connectivity index (χ4n) is 7.53. The van der Waals surface area contributed by atoms with Crippen molar-refractivity contribution in [2.45, 2.75) is 76.9 Å². The lowest BCUT2D eigenvalue weighted by atomic mass is 9.47. The molecule has 4 aliphatic carbocycles. The number of alkyl halides is 1. The van der Waals surface area contributed by atoms with E-state index in [1.54, 1.807) is 0 Å². The van der Waals surface area contributed by atoms with Gasteiger partial charge in [0.1, 0.15) is 5.60 Å². The summed E-state index contributed by atoms with van der Waals surface area (Å²) in [6, 6.07) is 0. The molecule has 0 radical (unpaired) electrons. The monoisotopic (exact) mass is 360 g/mol. The van der Waals surface area contributed by atoms with Gasteiger partial charge in [0.25, 0.3) is 0 Å². The molecule has 2 N–H and O–H groups in total. The largest absolute Gasteiger partial charge is 0.393 e. The number of allylic oxidation sites excluding steroid dienone is 1. The number of hydrogen-bond acceptors (Lipinski definition) is 2. The van der Waals surface area contributed by atoms with Crippen molar-refractivity contribution in [2.75, 3.05) is 6.67 Å². The standard InChI is InChI=1S/C23H33FO2/c1-4-23(26)9-7-19-20-14(2)11-16-12-17(25)5-6-18(16)21(20)15(8-10-24)13-22(19,23)3/h1,14-15,17,19-21,25-26H,5-13H2,2-3H3/t14-,15+,17+,19?,20?,21?,22?,23+/m1/s1. The Kier molecular flexibility index (Phi) is 4.52. The van der Waals surface area contributed by atoms with Crippen LogP contribution in [0.5, 0.6) is 0 Å². The number of aliphatic hydroxyl groups is 2. The maximum Gasteiger partial charge on any atom is 0.130 e. The molecular weight excluding hydrogens is 327 g/mol. The van der Waals surface area contributed by atoms with Crippen LogP contribution in [0.3, 0.4) is 0 Å². The number of rotatable bonds is 2. The molecule has 8 atom stereocenters. The molecule has 0 heterocycles. The van der Waals surface area contributed by atoms with Gasteiger partial charge in [0.05, 0.1) is 12.8 Å². The molecule has 0 amide bonds. The van der Waals surface area contributed by atoms with Crippen LogP contribution in [0.25, 0.3) is 0 Å². The van der Waals surface area contributed by atoms with E-state index in [2.05, 4.69) is 19.8 Å². The molecule has 0 aromatic heterocycles. The number of fused-ring (bicyclic) bond motifs is 4. The van der Waals surface area contributed by atoms with E-state index in [4.69, 9.17) is 6.42 Å². The quantitative estimate of drug-likeness (QED) is 0.571. The fraction of sp³-hybridized carbons (Fsp3) is 0.826. The Balaban J connectivity index is 1.78. The molecule has 144 valence electrons. The van der Waals surface area contributed by atoms with Gasteiger partial charge in [-0.1, -0.05) is 30.9 Å². The van der Waals surface area contributed by atoms with Gasteiger partial charge in [-0.05, 0) is 81.0 Å². The SMILES string of the molecule is C#C[C@]1(O)CCC2C3C(C4=C(C[C@@H](O)CC4)C[C@H]3C)[C@@H](CCF)CC21C. The molecule has 2 saturated carbocycles. The van der Waals surface area contributed by atoms with E-state index in [9.17, 15) is 14.6 Å². The van der Waals surface area contributed by atoms with Crippen LogP contribution in [0, 0.1) is 47.3 Å². The third-order valence-electron chi connectivity index (χ3n) is 8.68. The van der Waals surface area contributed by atoms with E-state index in [0.29, 0.717) is 36.5 Å². The molecule has 2 fully saturated rings. The Hall–Kier alpha value is -0.850. The second-order valence-electron chi connectivity index (χ2n) is 9.82. The van der Waals surface area contributed by atoms with Crippen molar-refractivity contribution in [1.29, 1.82) is 0 Å². The van der Waals surface area contributed by atoms with Crippen molar-refractivity contribution in [3.05, 3.63) is 11.1 Å². The molecule has 0 aromatic carbocycles. The van der Waals surface area contributed by atoms with Crippen LogP contribution in [0.15, 0.2) is 11.1 Å². The van der Waals surface area contributed by atoms with Crippen LogP contribution in [-0.2, 0) is 0 Å². The van der Waals surface area contributed by atoms with E-state index in [-0.39, 0.29) is 24.1 Å². The van der Waals surface area contributed by atoms with Crippen molar-refractivity contribution >= 4 is 0 Å². The normalized spacial score (nSPS) is 50.6. The van der Waals surface area contributed by atoms with Crippen molar-refractivity contribution < 1.29 is 14.6 Å². The summed E-state index contributed by atoms with van der Waals surface area (Å²) in [5.74, 6) is 4.83. The first kappa shape index (κ1) is 18.5. The van der Waals surface area contributed by atoms with E-state index >= 15 is 0 Å². The molecule has 26 heavy (non-hydrogen) atoms. The first-order valence-electron chi connectivity index (χ1n) is 10.5. The average molecular weight is 361 g/mol. The molecule has 3 heteroatoms. The van der Waals surface area contributed by atoms with Gasteiger partial charge in [-0.3, -0.25) is 4.39 Å². The average Bonchev–Trinajstić information content (AvgIpc) is 2.86. The topological polar surface area (TPSA) is 40.5 Å². The molecule has 4 unspecified atom stereocenters. The van der Waals surface area contributed by atoms with Crippen molar-refractivity contribution in [1.82, 2.24) is 0 Å². The molecule has 4 rings (SSSR count). The van der Waals surface area contributed by atoms with Crippen LogP contribution in [0.1, 0.15) is 65.2 Å². The van der Waals surface area contributed by atoms with Crippen LogP contribution in [0.2, 0.25) is 0 Å². The van der Waals surface area contributed by atoms with Gasteiger partial charge in [0.2, 0.25) is 0 Å². The molecule has 4 aliphatic rings. The first-order valence-corrected chi connectivity index (χ1v) is 10.5. The Morgan fingerprint density at radius 1 is 1.31 bits per heavy atom. The number of terminal acetylenes is 1. The maximum absolute atomic E-state index is 13.5. The predicted molar refractivity (Wildman–Crippen MR) is 101 cm³/mol. The third kappa shape index (κ3) is 2.45. The van der Waals surface area contributed by atoms with Gasteiger partial charge in [0.15, 0.2) is 0 Å². The minimum atomic E-state index is -1.05. The van der Waals surface area contributed by atoms with E-state index in [0.717, 1.165) is 38.5 Å². The van der Waals surface area contributed by atoms with Gasteiger partial charge < -0.3 is 10.2 Å². The van der Waals surface area contributed by atoms with Crippen LogP contribution < -0.4 is 0 Å². The van der Waals surface area contributed by atoms with E-state index in [1.807, 2.05) is 0 Å². The summed E-state index contributed by atoms with van der Waals surface area (Å²) in [6.07, 6.45) is 12.3. The summed E-state index contributed by atoms with van der Waals surface area (Å²) in [7, 11) is 0. The highest BCUT2D eigenvalue weighted by Crippen LogP contribution is 2.67. The van der Waals surface area contributed by atoms with Crippen LogP contribution in [-0.4, -0.2) is 28.6 Å². The Labute approximate surface area is 157 Å². The third-order valence-corrected chi connectivity index (χ3v) is 8.68. The first-order chi connectivity index (χ1) is 12.3. The molecule has 0 spiro atoms. The second-order valence-corrected chi connectivity index (χ2v) is 9.82. The minimum Gasteiger partial charge on any atom is -0.393 e. The zero-order chi connectivity index (χ0) is 18.7. The molecular formula is C23H33FO2. The Morgan fingerprint density at radius 3 is 2.77 bits per heavy atom. The van der Waals surface area contributed by atoms with Gasteiger partial charge in [-0.25, -0.2) is 0 Å². The van der Waals surface area contributed by atoms with Crippen molar-refractivity contribution in [3.8, 4) is 12.3 Å². The lowest BCUT2D eigenvalue weighted by Crippen LogP contribution is -2.55. The van der Waals surface area contributed by atoms with E-state index in [1.165, 1.54) is 11.1 Å². The minimum absolute atomic E-state index is 0.205. The fourth-order valence-corrected chi connectivity index (χ4v) is 7.53. The van der Waals surface area contributed by atoms with Crippen LogP contribution >= 0.6 is 0 Å². The smallest absolute Gasteiger partial charge is 0.130 e. The summed E-state index contributed by atoms with van der Waals surface area (Å²) < 4.78 is 13.5. The van der Waals surface area contributed by atoms with Gasteiger partial charge in [-0.15, -0.1) is 6.42 Å². The maximum atomic E-state index is 13.5. The molecule has 0 aromatic rings. The van der Waals surface area contributed by atoms with Crippen molar-refractivity contribution in [2.24, 2.45) is 35.0 Å². The van der Waals surface area contributed by atoms with Crippen LogP contribution in [0.4, 0.5) is 4.39 Å². The molecule has 0 bridgehead atoms. The highest BCUT2D eigenvalue weighted by molar-refractivity contribution is 5.32. The lowest BCUT2D eigenvalue weighted by Gasteiger charge is -2.58. The number of halogens is 1. The predicted octanol–water partition coefficient (Wildman–Crippen LogP) is 4.26. The number of hydrogen-bond donors (Lipinski definition) is 2. The molecule has 0 saturated heterocycles. The lowest BCUT2D eigenvalue weighted by molar-refractivity contribution is -0.106. The Morgan fingerprint density at radius 2 is 2.08 bits per heavy atom. The highest BCUT2D eigenvalue weighted by atomic mass is 19.1. The van der Waals surface area contributed by atoms with Crippen molar-refractivity contribution in [3.63, 3.8) is 0 Å².